The molecule has 4 nitrogen and oxygen atoms in total. The van der Waals surface area contributed by atoms with Crippen LogP contribution in [0.3, 0.4) is 0 Å². The zero-order valence-corrected chi connectivity index (χ0v) is 12.7. The highest BCUT2D eigenvalue weighted by Gasteiger charge is 2.13. The van der Waals surface area contributed by atoms with Crippen LogP contribution in [0.5, 0.6) is 0 Å². The lowest BCUT2D eigenvalue weighted by Gasteiger charge is -2.23. The topological polar surface area (TPSA) is 49.8 Å². The summed E-state index contributed by atoms with van der Waals surface area (Å²) in [5.74, 6) is 0.715. The second-order valence-corrected chi connectivity index (χ2v) is 5.80. The standard InChI is InChI=1S/C15H17BrN4/c16-14-4-2-1-3-13(14)11-9-18-15(19-10-11)20-12-5-7-17-8-6-12/h1-4,9-10,12,17H,5-8H2,(H,18,19,20). The molecule has 0 radical (unpaired) electrons. The molecule has 104 valence electrons. The lowest BCUT2D eigenvalue weighted by molar-refractivity contribution is 0.477. The zero-order valence-electron chi connectivity index (χ0n) is 11.1. The van der Waals surface area contributed by atoms with Gasteiger partial charge in [0.1, 0.15) is 0 Å². The summed E-state index contributed by atoms with van der Waals surface area (Å²) in [6.07, 6.45) is 5.98. The van der Waals surface area contributed by atoms with Gasteiger partial charge < -0.3 is 10.6 Å². The molecule has 20 heavy (non-hydrogen) atoms. The van der Waals surface area contributed by atoms with E-state index < -0.39 is 0 Å². The van der Waals surface area contributed by atoms with Crippen LogP contribution in [0, 0.1) is 0 Å². The number of benzene rings is 1. The van der Waals surface area contributed by atoms with Crippen molar-refractivity contribution in [2.45, 2.75) is 18.9 Å². The van der Waals surface area contributed by atoms with Crippen LogP contribution in [-0.4, -0.2) is 29.1 Å². The molecule has 2 N–H and O–H groups in total. The molecular weight excluding hydrogens is 316 g/mol. The highest BCUT2D eigenvalue weighted by atomic mass is 79.9. The molecule has 5 heteroatoms. The zero-order chi connectivity index (χ0) is 13.8. The third-order valence-electron chi connectivity index (χ3n) is 3.51. The lowest BCUT2D eigenvalue weighted by atomic mass is 10.1. The average molecular weight is 333 g/mol. The van der Waals surface area contributed by atoms with Crippen molar-refractivity contribution in [2.24, 2.45) is 0 Å². The van der Waals surface area contributed by atoms with Crippen molar-refractivity contribution in [2.75, 3.05) is 18.4 Å². The number of nitrogens with zero attached hydrogens (tertiary/aromatic N) is 2. The summed E-state index contributed by atoms with van der Waals surface area (Å²) in [6.45, 7) is 2.12. The van der Waals surface area contributed by atoms with E-state index in [4.69, 9.17) is 0 Å². The molecule has 3 rings (SSSR count). The Kier molecular flexibility index (Phi) is 4.28. The van der Waals surface area contributed by atoms with Crippen molar-refractivity contribution in [3.63, 3.8) is 0 Å². The Balaban J connectivity index is 1.73. The maximum atomic E-state index is 4.43. The molecule has 0 unspecified atom stereocenters. The molecule has 1 aliphatic rings. The molecule has 1 saturated heterocycles. The van der Waals surface area contributed by atoms with E-state index >= 15 is 0 Å². The van der Waals surface area contributed by atoms with Gasteiger partial charge in [0.15, 0.2) is 0 Å². The van der Waals surface area contributed by atoms with Crippen LogP contribution < -0.4 is 10.6 Å². The van der Waals surface area contributed by atoms with Crippen LogP contribution >= 0.6 is 15.9 Å². The van der Waals surface area contributed by atoms with E-state index in [-0.39, 0.29) is 0 Å². The van der Waals surface area contributed by atoms with Gasteiger partial charge in [0.25, 0.3) is 0 Å². The Labute approximate surface area is 127 Å². The van der Waals surface area contributed by atoms with Gasteiger partial charge in [-0.2, -0.15) is 0 Å². The Bertz CT molecular complexity index is 564. The number of aromatic nitrogens is 2. The van der Waals surface area contributed by atoms with Crippen molar-refractivity contribution in [3.05, 3.63) is 41.1 Å². The van der Waals surface area contributed by atoms with Gasteiger partial charge in [-0.3, -0.25) is 0 Å². The van der Waals surface area contributed by atoms with E-state index in [2.05, 4.69) is 42.6 Å². The normalized spacial score (nSPS) is 16.1. The number of nitrogens with one attached hydrogen (secondary N) is 2. The molecule has 1 aliphatic heterocycles. The summed E-state index contributed by atoms with van der Waals surface area (Å²) >= 11 is 3.55. The van der Waals surface area contributed by atoms with Gasteiger partial charge in [-0.1, -0.05) is 34.1 Å². The molecule has 2 heterocycles. The number of hydrogen-bond donors (Lipinski definition) is 2. The first-order valence-electron chi connectivity index (χ1n) is 6.87. The molecule has 0 atom stereocenters. The molecule has 0 amide bonds. The van der Waals surface area contributed by atoms with Gasteiger partial charge in [0, 0.05) is 28.5 Å². The van der Waals surface area contributed by atoms with Crippen molar-refractivity contribution in [3.8, 4) is 11.1 Å². The summed E-state index contributed by atoms with van der Waals surface area (Å²) in [4.78, 5) is 8.85. The number of piperidine rings is 1. The second kappa shape index (κ2) is 6.33. The van der Waals surface area contributed by atoms with E-state index in [9.17, 15) is 0 Å². The van der Waals surface area contributed by atoms with E-state index in [1.54, 1.807) is 0 Å². The first-order chi connectivity index (χ1) is 9.83. The maximum absolute atomic E-state index is 4.43. The SMILES string of the molecule is Brc1ccccc1-c1cnc(NC2CCNCC2)nc1. The van der Waals surface area contributed by atoms with Gasteiger partial charge >= 0.3 is 0 Å². The van der Waals surface area contributed by atoms with Crippen LogP contribution in [-0.2, 0) is 0 Å². The van der Waals surface area contributed by atoms with Crippen LogP contribution in [0.15, 0.2) is 41.1 Å². The van der Waals surface area contributed by atoms with Gasteiger partial charge in [0.05, 0.1) is 0 Å². The third-order valence-corrected chi connectivity index (χ3v) is 4.20. The molecule has 1 aromatic carbocycles. The average Bonchev–Trinajstić information content (AvgIpc) is 2.50. The summed E-state index contributed by atoms with van der Waals surface area (Å²) in [7, 11) is 0. The lowest BCUT2D eigenvalue weighted by Crippen LogP contribution is -2.35. The number of anilines is 1. The first kappa shape index (κ1) is 13.5. The van der Waals surface area contributed by atoms with E-state index in [1.807, 2.05) is 30.6 Å². The van der Waals surface area contributed by atoms with Crippen LogP contribution in [0.2, 0.25) is 0 Å². The van der Waals surface area contributed by atoms with Crippen molar-refractivity contribution < 1.29 is 0 Å². The van der Waals surface area contributed by atoms with E-state index in [0.717, 1.165) is 41.5 Å². The highest BCUT2D eigenvalue weighted by molar-refractivity contribution is 9.10. The number of hydrogen-bond acceptors (Lipinski definition) is 4. The smallest absolute Gasteiger partial charge is 0.222 e. The van der Waals surface area contributed by atoms with Crippen molar-refractivity contribution in [1.29, 1.82) is 0 Å². The van der Waals surface area contributed by atoms with Crippen molar-refractivity contribution >= 4 is 21.9 Å². The molecule has 0 saturated carbocycles. The predicted molar refractivity (Wildman–Crippen MR) is 84.7 cm³/mol. The summed E-state index contributed by atoms with van der Waals surface area (Å²) in [5, 5.41) is 6.75. The summed E-state index contributed by atoms with van der Waals surface area (Å²) in [5.41, 5.74) is 2.13. The highest BCUT2D eigenvalue weighted by Crippen LogP contribution is 2.27. The largest absolute Gasteiger partial charge is 0.351 e. The Morgan fingerprint density at radius 3 is 2.50 bits per heavy atom. The van der Waals surface area contributed by atoms with Crippen LogP contribution in [0.4, 0.5) is 5.95 Å². The molecule has 1 fully saturated rings. The predicted octanol–water partition coefficient (Wildman–Crippen LogP) is 3.07. The molecular formula is C15H17BrN4. The van der Waals surface area contributed by atoms with Crippen LogP contribution in [0.1, 0.15) is 12.8 Å². The van der Waals surface area contributed by atoms with E-state index in [1.165, 1.54) is 0 Å². The van der Waals surface area contributed by atoms with Crippen molar-refractivity contribution in [1.82, 2.24) is 15.3 Å². The molecule has 0 spiro atoms. The molecule has 0 bridgehead atoms. The summed E-state index contributed by atoms with van der Waals surface area (Å²) < 4.78 is 1.06. The fourth-order valence-corrected chi connectivity index (χ4v) is 2.90. The van der Waals surface area contributed by atoms with Gasteiger partial charge in [-0.05, 0) is 37.6 Å². The molecule has 1 aromatic heterocycles. The van der Waals surface area contributed by atoms with Gasteiger partial charge in [0.2, 0.25) is 5.95 Å². The quantitative estimate of drug-likeness (QED) is 0.906. The Morgan fingerprint density at radius 2 is 1.80 bits per heavy atom. The van der Waals surface area contributed by atoms with Gasteiger partial charge in [-0.25, -0.2) is 9.97 Å². The first-order valence-corrected chi connectivity index (χ1v) is 7.66. The minimum Gasteiger partial charge on any atom is -0.351 e. The van der Waals surface area contributed by atoms with Crippen LogP contribution in [0.25, 0.3) is 11.1 Å². The van der Waals surface area contributed by atoms with E-state index in [0.29, 0.717) is 12.0 Å². The minimum atomic E-state index is 0.477. The fraction of sp³-hybridized carbons (Fsp3) is 0.333. The molecule has 0 aliphatic carbocycles. The Hall–Kier alpha value is -1.46. The second-order valence-electron chi connectivity index (χ2n) is 4.94. The Morgan fingerprint density at radius 1 is 1.10 bits per heavy atom. The monoisotopic (exact) mass is 332 g/mol. The molecule has 2 aromatic rings. The fourth-order valence-electron chi connectivity index (χ4n) is 2.39. The van der Waals surface area contributed by atoms with Gasteiger partial charge in [-0.15, -0.1) is 0 Å². The summed E-state index contributed by atoms with van der Waals surface area (Å²) in [6, 6.07) is 8.58. The number of rotatable bonds is 3. The number of halogens is 1. The minimum absolute atomic E-state index is 0.477. The third kappa shape index (κ3) is 3.16. The maximum Gasteiger partial charge on any atom is 0.222 e.